The first kappa shape index (κ1) is 9.74. The van der Waals surface area contributed by atoms with Gasteiger partial charge in [0.15, 0.2) is 0 Å². The van der Waals surface area contributed by atoms with Crippen LogP contribution in [-0.4, -0.2) is 0 Å². The van der Waals surface area contributed by atoms with E-state index in [-0.39, 0.29) is 0 Å². The molecule has 0 aromatic rings. The van der Waals surface area contributed by atoms with Gasteiger partial charge in [-0.2, -0.15) is 0 Å². The van der Waals surface area contributed by atoms with Crippen molar-refractivity contribution < 1.29 is 0 Å². The van der Waals surface area contributed by atoms with Crippen LogP contribution >= 0.6 is 0 Å². The fourth-order valence-electron chi connectivity index (χ4n) is 0.821. The van der Waals surface area contributed by atoms with E-state index in [1.165, 1.54) is 32.1 Å². The fourth-order valence-corrected chi connectivity index (χ4v) is 0.821. The topological polar surface area (TPSA) is 0 Å². The first-order chi connectivity index (χ1) is 4.91. The average molecular weight is 139 g/mol. The monoisotopic (exact) mass is 139 g/mol. The van der Waals surface area contributed by atoms with Crippen molar-refractivity contribution in [3.05, 3.63) is 18.6 Å². The van der Waals surface area contributed by atoms with Crippen molar-refractivity contribution in [2.75, 3.05) is 0 Å². The van der Waals surface area contributed by atoms with Gasteiger partial charge >= 0.3 is 0 Å². The summed E-state index contributed by atoms with van der Waals surface area (Å²) >= 11 is 0. The van der Waals surface area contributed by atoms with Gasteiger partial charge in [0.2, 0.25) is 0 Å². The Kier molecular flexibility index (Phi) is 8.51. The molecular weight excluding hydrogens is 120 g/mol. The molecule has 0 aliphatic carbocycles. The Morgan fingerprint density at radius 3 is 2.20 bits per heavy atom. The van der Waals surface area contributed by atoms with Crippen LogP contribution in [-0.2, 0) is 0 Å². The number of allylic oxidation sites excluding steroid dienone is 2. The highest BCUT2D eigenvalue weighted by Crippen LogP contribution is 1.99. The molecule has 59 valence electrons. The van der Waals surface area contributed by atoms with E-state index in [1.54, 1.807) is 0 Å². The van der Waals surface area contributed by atoms with Crippen LogP contribution in [0.15, 0.2) is 12.2 Å². The van der Waals surface area contributed by atoms with Gasteiger partial charge in [-0.1, -0.05) is 38.8 Å². The Morgan fingerprint density at radius 1 is 0.900 bits per heavy atom. The molecule has 0 aliphatic rings. The molecule has 0 rings (SSSR count). The van der Waals surface area contributed by atoms with Crippen molar-refractivity contribution in [2.45, 2.75) is 46.0 Å². The molecule has 1 radical (unpaired) electrons. The highest BCUT2D eigenvalue weighted by Gasteiger charge is 1.80. The second-order valence-corrected chi connectivity index (χ2v) is 2.53. The van der Waals surface area contributed by atoms with Crippen LogP contribution in [0.1, 0.15) is 46.0 Å². The zero-order valence-corrected chi connectivity index (χ0v) is 7.27. The minimum atomic E-state index is 1.21. The lowest BCUT2D eigenvalue weighted by atomic mass is 10.2. The quantitative estimate of drug-likeness (QED) is 0.388. The van der Waals surface area contributed by atoms with Gasteiger partial charge in [0.05, 0.1) is 0 Å². The number of unbranched alkanes of at least 4 members (excludes halogenated alkanes) is 4. The maximum absolute atomic E-state index is 2.33. The van der Waals surface area contributed by atoms with Crippen molar-refractivity contribution in [3.8, 4) is 0 Å². The number of hydrogen-bond donors (Lipinski definition) is 0. The molecule has 0 saturated carbocycles. The van der Waals surface area contributed by atoms with Gasteiger partial charge in [0, 0.05) is 0 Å². The molecule has 0 N–H and O–H groups in total. The Hall–Kier alpha value is -0.260. The SMILES string of the molecule is CC[CH]CC/C=C/CCC. The third-order valence-corrected chi connectivity index (χ3v) is 1.45. The second kappa shape index (κ2) is 8.74. The predicted molar refractivity (Wildman–Crippen MR) is 47.9 cm³/mol. The average Bonchev–Trinajstić information content (AvgIpc) is 1.97. The van der Waals surface area contributed by atoms with E-state index in [2.05, 4.69) is 32.4 Å². The van der Waals surface area contributed by atoms with Gasteiger partial charge < -0.3 is 0 Å². The standard InChI is InChI=1S/C10H19/c1-3-5-7-9-10-8-6-4-2/h5,8,10H,3-4,6-7,9H2,1-2H3/b10-8+. The molecule has 0 nitrogen and oxygen atoms in total. The summed E-state index contributed by atoms with van der Waals surface area (Å²) in [5, 5.41) is 0. The summed E-state index contributed by atoms with van der Waals surface area (Å²) in [5.74, 6) is 0. The van der Waals surface area contributed by atoms with Gasteiger partial charge in [-0.3, -0.25) is 0 Å². The van der Waals surface area contributed by atoms with Crippen LogP contribution in [0.5, 0.6) is 0 Å². The van der Waals surface area contributed by atoms with Gasteiger partial charge in [-0.05, 0) is 25.7 Å². The third kappa shape index (κ3) is 7.74. The summed E-state index contributed by atoms with van der Waals surface area (Å²) in [5.41, 5.74) is 0. The van der Waals surface area contributed by atoms with Crippen molar-refractivity contribution in [1.29, 1.82) is 0 Å². The van der Waals surface area contributed by atoms with Crippen molar-refractivity contribution in [2.24, 2.45) is 0 Å². The second-order valence-electron chi connectivity index (χ2n) is 2.53. The van der Waals surface area contributed by atoms with Crippen LogP contribution in [0.25, 0.3) is 0 Å². The molecule has 0 aliphatic heterocycles. The van der Waals surface area contributed by atoms with Crippen molar-refractivity contribution in [1.82, 2.24) is 0 Å². The van der Waals surface area contributed by atoms with Gasteiger partial charge in [0.25, 0.3) is 0 Å². The van der Waals surface area contributed by atoms with Gasteiger partial charge in [0.1, 0.15) is 0 Å². The van der Waals surface area contributed by atoms with E-state index < -0.39 is 0 Å². The van der Waals surface area contributed by atoms with Gasteiger partial charge in [-0.15, -0.1) is 0 Å². The summed E-state index contributed by atoms with van der Waals surface area (Å²) in [6.07, 6.45) is 13.1. The predicted octanol–water partition coefficient (Wildman–Crippen LogP) is 3.74. The van der Waals surface area contributed by atoms with Crippen LogP contribution in [0.3, 0.4) is 0 Å². The number of hydrogen-bond acceptors (Lipinski definition) is 0. The first-order valence-electron chi connectivity index (χ1n) is 4.38. The minimum absolute atomic E-state index is 1.21. The lowest BCUT2D eigenvalue weighted by Crippen LogP contribution is -1.71. The zero-order chi connectivity index (χ0) is 7.66. The molecule has 0 unspecified atom stereocenters. The van der Waals surface area contributed by atoms with E-state index >= 15 is 0 Å². The van der Waals surface area contributed by atoms with E-state index in [1.807, 2.05) is 0 Å². The smallest absolute Gasteiger partial charge is 0.0348 e. The molecule has 0 bridgehead atoms. The lowest BCUT2D eigenvalue weighted by Gasteiger charge is -1.90. The maximum Gasteiger partial charge on any atom is -0.0348 e. The van der Waals surface area contributed by atoms with E-state index in [0.717, 1.165) is 0 Å². The minimum Gasteiger partial charge on any atom is -0.0885 e. The van der Waals surface area contributed by atoms with Crippen molar-refractivity contribution >= 4 is 0 Å². The summed E-state index contributed by atoms with van der Waals surface area (Å²) in [6.45, 7) is 4.40. The fraction of sp³-hybridized carbons (Fsp3) is 0.700. The molecule has 0 heterocycles. The Labute approximate surface area is 65.3 Å². The largest absolute Gasteiger partial charge is 0.0885 e. The van der Waals surface area contributed by atoms with Gasteiger partial charge in [-0.25, -0.2) is 0 Å². The van der Waals surface area contributed by atoms with E-state index in [0.29, 0.717) is 0 Å². The third-order valence-electron chi connectivity index (χ3n) is 1.45. The summed E-state index contributed by atoms with van der Waals surface area (Å²) in [4.78, 5) is 0. The lowest BCUT2D eigenvalue weighted by molar-refractivity contribution is 0.889. The zero-order valence-electron chi connectivity index (χ0n) is 7.27. The highest BCUT2D eigenvalue weighted by molar-refractivity contribution is 4.82. The molecule has 0 saturated heterocycles. The molecule has 10 heavy (non-hydrogen) atoms. The molecular formula is C10H19. The normalized spacial score (nSPS) is 11.0. The Balaban J connectivity index is 2.88. The van der Waals surface area contributed by atoms with E-state index in [9.17, 15) is 0 Å². The highest BCUT2D eigenvalue weighted by atomic mass is 13.9. The molecule has 0 amide bonds. The number of rotatable bonds is 6. The first-order valence-corrected chi connectivity index (χ1v) is 4.38. The maximum atomic E-state index is 2.33. The summed E-state index contributed by atoms with van der Waals surface area (Å²) in [7, 11) is 0. The molecule has 0 atom stereocenters. The van der Waals surface area contributed by atoms with Crippen LogP contribution in [0.4, 0.5) is 0 Å². The molecule has 0 heteroatoms. The summed E-state index contributed by atoms with van der Waals surface area (Å²) < 4.78 is 0. The molecule has 0 aromatic heterocycles. The molecule has 0 fully saturated rings. The van der Waals surface area contributed by atoms with Crippen LogP contribution < -0.4 is 0 Å². The summed E-state index contributed by atoms with van der Waals surface area (Å²) in [6, 6.07) is 0. The Bertz CT molecular complexity index is 72.1. The Morgan fingerprint density at radius 2 is 1.60 bits per heavy atom. The van der Waals surface area contributed by atoms with Crippen molar-refractivity contribution in [3.63, 3.8) is 0 Å². The van der Waals surface area contributed by atoms with Crippen LogP contribution in [0, 0.1) is 6.42 Å². The van der Waals surface area contributed by atoms with E-state index in [4.69, 9.17) is 0 Å². The molecule has 0 spiro atoms. The van der Waals surface area contributed by atoms with Crippen LogP contribution in [0.2, 0.25) is 0 Å². The molecule has 0 aromatic carbocycles.